The molecule has 3 aromatic rings. The molecule has 8 nitrogen and oxygen atoms in total. The molecule has 1 aliphatic rings. The summed E-state index contributed by atoms with van der Waals surface area (Å²) in [6.07, 6.45) is 3.53. The molecule has 35 heavy (non-hydrogen) atoms. The Bertz CT molecular complexity index is 1390. The van der Waals surface area contributed by atoms with Crippen LogP contribution in [0.2, 0.25) is 0 Å². The first-order chi connectivity index (χ1) is 16.8. The van der Waals surface area contributed by atoms with Crippen molar-refractivity contribution in [3.63, 3.8) is 0 Å². The Morgan fingerprint density at radius 1 is 1.09 bits per heavy atom. The van der Waals surface area contributed by atoms with E-state index in [1.165, 1.54) is 35.6 Å². The quantitative estimate of drug-likeness (QED) is 0.444. The molecule has 0 radical (unpaired) electrons. The molecular formula is C25H29N3O5S2. The van der Waals surface area contributed by atoms with Gasteiger partial charge >= 0.3 is 5.97 Å². The first-order valence-corrected chi connectivity index (χ1v) is 14.1. The third kappa shape index (κ3) is 5.39. The molecular weight excluding hydrogens is 486 g/mol. The third-order valence-electron chi connectivity index (χ3n) is 6.13. The number of rotatable bonds is 7. The lowest BCUT2D eigenvalue weighted by Gasteiger charge is -2.34. The number of piperidine rings is 1. The number of fused-ring (bicyclic) bond motifs is 1. The molecule has 1 unspecified atom stereocenters. The van der Waals surface area contributed by atoms with E-state index in [-0.39, 0.29) is 29.7 Å². The standard InChI is InChI=1S/C25H29N3O5S2/c1-3-19-9-7-8-16-28(19)35(31,32)20-14-12-18(13-15-20)24(30)26-25-27(17-23(29)33-4-2)21-10-5-6-11-22(21)34-25/h5-6,10-15,19H,3-4,7-9,16-17H2,1-2H3. The maximum Gasteiger partial charge on any atom is 0.326 e. The lowest BCUT2D eigenvalue weighted by Crippen LogP contribution is -2.43. The Balaban J connectivity index is 1.63. The van der Waals surface area contributed by atoms with E-state index in [0.717, 1.165) is 35.9 Å². The highest BCUT2D eigenvalue weighted by Crippen LogP contribution is 2.27. The van der Waals surface area contributed by atoms with Gasteiger partial charge in [-0.1, -0.05) is 36.8 Å². The Morgan fingerprint density at radius 2 is 1.83 bits per heavy atom. The van der Waals surface area contributed by atoms with Gasteiger partial charge in [0.1, 0.15) is 6.54 Å². The Kier molecular flexibility index (Phi) is 7.83. The molecule has 2 aromatic carbocycles. The summed E-state index contributed by atoms with van der Waals surface area (Å²) in [4.78, 5) is 29.9. The first-order valence-electron chi connectivity index (χ1n) is 11.8. The van der Waals surface area contributed by atoms with Gasteiger partial charge in [0.05, 0.1) is 21.7 Å². The van der Waals surface area contributed by atoms with Crippen molar-refractivity contribution in [1.29, 1.82) is 0 Å². The number of nitrogens with zero attached hydrogens (tertiary/aromatic N) is 3. The van der Waals surface area contributed by atoms with Crippen LogP contribution in [0.4, 0.5) is 0 Å². The third-order valence-corrected chi connectivity index (χ3v) is 9.16. The minimum atomic E-state index is -3.63. The topological polar surface area (TPSA) is 98.0 Å². The number of thiazole rings is 1. The molecule has 1 fully saturated rings. The summed E-state index contributed by atoms with van der Waals surface area (Å²) in [5, 5.41) is 0. The van der Waals surface area contributed by atoms with E-state index >= 15 is 0 Å². The van der Waals surface area contributed by atoms with Crippen molar-refractivity contribution in [3.8, 4) is 0 Å². The van der Waals surface area contributed by atoms with Crippen LogP contribution in [0.15, 0.2) is 58.4 Å². The summed E-state index contributed by atoms with van der Waals surface area (Å²) in [6.45, 7) is 4.46. The fraction of sp³-hybridized carbons (Fsp3) is 0.400. The van der Waals surface area contributed by atoms with Gasteiger partial charge in [-0.2, -0.15) is 9.30 Å². The van der Waals surface area contributed by atoms with Gasteiger partial charge in [0.25, 0.3) is 5.91 Å². The zero-order valence-electron chi connectivity index (χ0n) is 19.8. The van der Waals surface area contributed by atoms with E-state index < -0.39 is 21.9 Å². The lowest BCUT2D eigenvalue weighted by molar-refractivity contribution is -0.143. The summed E-state index contributed by atoms with van der Waals surface area (Å²) in [6, 6.07) is 13.4. The highest BCUT2D eigenvalue weighted by Gasteiger charge is 2.32. The largest absolute Gasteiger partial charge is 0.465 e. The number of hydrogen-bond acceptors (Lipinski definition) is 6. The van der Waals surface area contributed by atoms with Gasteiger partial charge in [-0.3, -0.25) is 9.59 Å². The number of ether oxygens (including phenoxy) is 1. The van der Waals surface area contributed by atoms with E-state index in [1.807, 2.05) is 31.2 Å². The van der Waals surface area contributed by atoms with Crippen LogP contribution in [0, 0.1) is 0 Å². The number of benzene rings is 2. The zero-order valence-corrected chi connectivity index (χ0v) is 21.5. The molecule has 0 bridgehead atoms. The minimum Gasteiger partial charge on any atom is -0.465 e. The number of hydrogen-bond donors (Lipinski definition) is 0. The van der Waals surface area contributed by atoms with E-state index in [0.29, 0.717) is 11.3 Å². The van der Waals surface area contributed by atoms with Crippen LogP contribution < -0.4 is 4.80 Å². The van der Waals surface area contributed by atoms with Crippen LogP contribution in [0.5, 0.6) is 0 Å². The van der Waals surface area contributed by atoms with Crippen molar-refractivity contribution in [2.45, 2.75) is 57.0 Å². The zero-order chi connectivity index (χ0) is 25.0. The molecule has 1 aliphatic heterocycles. The summed E-state index contributed by atoms with van der Waals surface area (Å²) in [7, 11) is -3.63. The second kappa shape index (κ2) is 10.8. The molecule has 1 saturated heterocycles. The minimum absolute atomic E-state index is 0.00728. The van der Waals surface area contributed by atoms with E-state index in [4.69, 9.17) is 4.74 Å². The fourth-order valence-electron chi connectivity index (χ4n) is 4.35. The van der Waals surface area contributed by atoms with Gasteiger partial charge in [-0.05, 0) is 62.6 Å². The summed E-state index contributed by atoms with van der Waals surface area (Å²) < 4.78 is 35.6. The first kappa shape index (κ1) is 25.3. The molecule has 10 heteroatoms. The van der Waals surface area contributed by atoms with Crippen LogP contribution in [0.3, 0.4) is 0 Å². The smallest absolute Gasteiger partial charge is 0.326 e. The van der Waals surface area contributed by atoms with Gasteiger partial charge in [0.2, 0.25) is 10.0 Å². The highest BCUT2D eigenvalue weighted by atomic mass is 32.2. The van der Waals surface area contributed by atoms with E-state index in [1.54, 1.807) is 15.8 Å². The van der Waals surface area contributed by atoms with E-state index in [2.05, 4.69) is 4.99 Å². The maximum absolute atomic E-state index is 13.2. The van der Waals surface area contributed by atoms with Gasteiger partial charge in [-0.25, -0.2) is 8.42 Å². The second-order valence-electron chi connectivity index (χ2n) is 8.36. The van der Waals surface area contributed by atoms with Crippen molar-refractivity contribution >= 4 is 43.5 Å². The number of amides is 1. The van der Waals surface area contributed by atoms with Gasteiger partial charge in [0.15, 0.2) is 4.80 Å². The normalized spacial score (nSPS) is 17.5. The molecule has 0 saturated carbocycles. The number of aromatic nitrogens is 1. The Labute approximate surface area is 208 Å². The predicted molar refractivity (Wildman–Crippen MR) is 135 cm³/mol. The lowest BCUT2D eigenvalue weighted by atomic mass is 10.0. The van der Waals surface area contributed by atoms with Crippen LogP contribution in [-0.2, 0) is 26.1 Å². The molecule has 0 spiro atoms. The van der Waals surface area contributed by atoms with Crippen LogP contribution in [-0.4, -0.2) is 48.4 Å². The summed E-state index contributed by atoms with van der Waals surface area (Å²) in [5.41, 5.74) is 1.06. The average Bonchev–Trinajstić information content (AvgIpc) is 3.20. The van der Waals surface area contributed by atoms with Gasteiger partial charge < -0.3 is 9.30 Å². The number of sulfonamides is 1. The van der Waals surface area contributed by atoms with Gasteiger partial charge in [0, 0.05) is 18.2 Å². The van der Waals surface area contributed by atoms with Crippen molar-refractivity contribution in [2.75, 3.05) is 13.2 Å². The second-order valence-corrected chi connectivity index (χ2v) is 11.3. The molecule has 0 aliphatic carbocycles. The monoisotopic (exact) mass is 515 g/mol. The number of esters is 1. The van der Waals surface area contributed by atoms with Crippen molar-refractivity contribution in [3.05, 3.63) is 58.9 Å². The summed E-state index contributed by atoms with van der Waals surface area (Å²) >= 11 is 1.30. The Hall–Kier alpha value is -2.82. The number of para-hydroxylation sites is 1. The van der Waals surface area contributed by atoms with Gasteiger partial charge in [-0.15, -0.1) is 0 Å². The summed E-state index contributed by atoms with van der Waals surface area (Å²) in [5.74, 6) is -0.926. The molecule has 1 atom stereocenters. The average molecular weight is 516 g/mol. The van der Waals surface area contributed by atoms with Crippen molar-refractivity contribution in [1.82, 2.24) is 8.87 Å². The molecule has 0 N–H and O–H groups in total. The molecule has 1 aromatic heterocycles. The molecule has 1 amide bonds. The molecule has 4 rings (SSSR count). The van der Waals surface area contributed by atoms with Crippen molar-refractivity contribution < 1.29 is 22.7 Å². The number of carbonyl (C=O) groups excluding carboxylic acids is 2. The van der Waals surface area contributed by atoms with E-state index in [9.17, 15) is 18.0 Å². The van der Waals surface area contributed by atoms with Crippen LogP contribution >= 0.6 is 11.3 Å². The van der Waals surface area contributed by atoms with Crippen molar-refractivity contribution in [2.24, 2.45) is 4.99 Å². The Morgan fingerprint density at radius 3 is 2.54 bits per heavy atom. The fourth-order valence-corrected chi connectivity index (χ4v) is 7.14. The maximum atomic E-state index is 13.2. The van der Waals surface area contributed by atoms with Crippen LogP contribution in [0.1, 0.15) is 49.9 Å². The molecule has 186 valence electrons. The SMILES string of the molecule is CCOC(=O)Cn1c(=NC(=O)c2ccc(S(=O)(=O)N3CCCCC3CC)cc2)sc2ccccc21. The number of carbonyl (C=O) groups is 2. The molecule has 2 heterocycles. The van der Waals surface area contributed by atoms with Crippen LogP contribution in [0.25, 0.3) is 10.2 Å². The highest BCUT2D eigenvalue weighted by molar-refractivity contribution is 7.89. The predicted octanol–water partition coefficient (Wildman–Crippen LogP) is 3.96.